The third kappa shape index (κ3) is 5.38. The molecule has 2 saturated heterocycles. The van der Waals surface area contributed by atoms with Crippen molar-refractivity contribution in [3.05, 3.63) is 65.0 Å². The van der Waals surface area contributed by atoms with Crippen molar-refractivity contribution in [2.45, 2.75) is 19.3 Å². The van der Waals surface area contributed by atoms with Gasteiger partial charge in [-0.2, -0.15) is 0 Å². The van der Waals surface area contributed by atoms with Crippen LogP contribution in [-0.2, 0) is 11.8 Å². The topological polar surface area (TPSA) is 73.7 Å². The number of carbonyl (C=O) groups excluding carboxylic acids is 1. The highest BCUT2D eigenvalue weighted by Crippen LogP contribution is 2.22. The number of aryl methyl sites for hydroxylation is 1. The number of nitrogens with one attached hydrogen (secondary N) is 1. The minimum atomic E-state index is -0.119. The van der Waals surface area contributed by atoms with Crippen LogP contribution in [0, 0.1) is 5.92 Å². The lowest BCUT2D eigenvalue weighted by Gasteiger charge is -2.36. The summed E-state index contributed by atoms with van der Waals surface area (Å²) in [6, 6.07) is 18.3. The fourth-order valence-electron chi connectivity index (χ4n) is 5.38. The molecule has 3 aromatic rings. The molecule has 1 atom stereocenters. The third-order valence-corrected chi connectivity index (χ3v) is 7.50. The number of amides is 1. The van der Waals surface area contributed by atoms with Crippen LogP contribution in [0.4, 0.5) is 11.5 Å². The second-order valence-electron chi connectivity index (χ2n) is 9.88. The van der Waals surface area contributed by atoms with Gasteiger partial charge in [0.1, 0.15) is 0 Å². The molecule has 1 unspecified atom stereocenters. The number of nitrogens with zero attached hydrogens (tertiary/aromatic N) is 5. The van der Waals surface area contributed by atoms with E-state index in [4.69, 9.17) is 0 Å². The Morgan fingerprint density at radius 3 is 2.53 bits per heavy atom. The van der Waals surface area contributed by atoms with Crippen LogP contribution in [0.3, 0.4) is 0 Å². The van der Waals surface area contributed by atoms with E-state index in [1.54, 1.807) is 11.6 Å². The van der Waals surface area contributed by atoms with Gasteiger partial charge in [0.2, 0.25) is 5.91 Å². The molecule has 1 N–H and O–H groups in total. The number of para-hydroxylation sites is 3. The zero-order chi connectivity index (χ0) is 24.9. The van der Waals surface area contributed by atoms with Gasteiger partial charge in [0.05, 0.1) is 17.0 Å². The number of carbonyl (C=O) groups is 1. The first-order valence-corrected chi connectivity index (χ1v) is 13.1. The molecule has 0 spiro atoms. The van der Waals surface area contributed by atoms with Crippen molar-refractivity contribution in [1.29, 1.82) is 0 Å². The second-order valence-corrected chi connectivity index (χ2v) is 9.88. The molecule has 0 radical (unpaired) electrons. The van der Waals surface area contributed by atoms with Crippen molar-refractivity contribution in [2.24, 2.45) is 13.0 Å². The zero-order valence-electron chi connectivity index (χ0n) is 21.1. The number of piperidine rings is 1. The van der Waals surface area contributed by atoms with Gasteiger partial charge in [-0.3, -0.25) is 14.5 Å². The van der Waals surface area contributed by atoms with Crippen molar-refractivity contribution >= 4 is 28.4 Å². The molecule has 0 aliphatic carbocycles. The molecule has 190 valence electrons. The van der Waals surface area contributed by atoms with Gasteiger partial charge in [-0.15, -0.1) is 0 Å². The number of hydrogen-bond acceptors (Lipinski definition) is 6. The maximum Gasteiger partial charge on any atom is 0.293 e. The van der Waals surface area contributed by atoms with E-state index in [0.717, 1.165) is 69.6 Å². The molecule has 36 heavy (non-hydrogen) atoms. The minimum Gasteiger partial charge on any atom is -0.369 e. The number of hydrogen-bond donors (Lipinski definition) is 1. The summed E-state index contributed by atoms with van der Waals surface area (Å²) in [5.74, 6) is 0.417. The molecule has 1 aromatic heterocycles. The van der Waals surface area contributed by atoms with E-state index in [0.29, 0.717) is 18.9 Å². The lowest BCUT2D eigenvalue weighted by molar-refractivity contribution is -0.125. The van der Waals surface area contributed by atoms with E-state index in [1.807, 2.05) is 29.2 Å². The Hall–Kier alpha value is -3.39. The predicted octanol–water partition coefficient (Wildman–Crippen LogP) is 2.48. The van der Waals surface area contributed by atoms with Crippen LogP contribution in [-0.4, -0.2) is 72.7 Å². The van der Waals surface area contributed by atoms with E-state index in [9.17, 15) is 9.59 Å². The molecule has 8 heteroatoms. The van der Waals surface area contributed by atoms with E-state index in [-0.39, 0.29) is 17.4 Å². The summed E-state index contributed by atoms with van der Waals surface area (Å²) in [5.41, 5.74) is 2.80. The summed E-state index contributed by atoms with van der Waals surface area (Å²) in [6.07, 6.45) is 2.67. The smallest absolute Gasteiger partial charge is 0.293 e. The van der Waals surface area contributed by atoms with Gasteiger partial charge in [0, 0.05) is 58.5 Å². The fraction of sp³-hybridized carbons (Fsp3) is 0.464. The molecule has 5 rings (SSSR count). The quantitative estimate of drug-likeness (QED) is 0.515. The molecule has 2 aromatic carbocycles. The second kappa shape index (κ2) is 11.1. The van der Waals surface area contributed by atoms with Crippen LogP contribution in [0.2, 0.25) is 0 Å². The Balaban J connectivity index is 1.09. The van der Waals surface area contributed by atoms with Crippen molar-refractivity contribution in [3.8, 4) is 0 Å². The van der Waals surface area contributed by atoms with Gasteiger partial charge in [-0.1, -0.05) is 30.3 Å². The van der Waals surface area contributed by atoms with E-state index in [2.05, 4.69) is 50.4 Å². The lowest BCUT2D eigenvalue weighted by Crippen LogP contribution is -2.47. The van der Waals surface area contributed by atoms with Crippen LogP contribution >= 0.6 is 0 Å². The number of aromatic nitrogens is 2. The molecule has 0 bridgehead atoms. The first kappa shape index (κ1) is 24.3. The van der Waals surface area contributed by atoms with Crippen LogP contribution < -0.4 is 20.7 Å². The summed E-state index contributed by atoms with van der Waals surface area (Å²) in [6.45, 7) is 7.14. The third-order valence-electron chi connectivity index (χ3n) is 7.50. The molecule has 0 saturated carbocycles. The number of fused-ring (bicyclic) bond motifs is 1. The van der Waals surface area contributed by atoms with Crippen LogP contribution in [0.25, 0.3) is 11.0 Å². The Bertz CT molecular complexity index is 1240. The summed E-state index contributed by atoms with van der Waals surface area (Å²) in [7, 11) is 1.78. The Kier molecular flexibility index (Phi) is 7.51. The van der Waals surface area contributed by atoms with Crippen LogP contribution in [0.1, 0.15) is 19.3 Å². The molecular weight excluding hydrogens is 452 g/mol. The Morgan fingerprint density at radius 1 is 0.972 bits per heavy atom. The number of anilines is 2. The first-order chi connectivity index (χ1) is 17.6. The monoisotopic (exact) mass is 488 g/mol. The first-order valence-electron chi connectivity index (χ1n) is 13.1. The van der Waals surface area contributed by atoms with Crippen molar-refractivity contribution in [3.63, 3.8) is 0 Å². The molecule has 8 nitrogen and oxygen atoms in total. The van der Waals surface area contributed by atoms with E-state index >= 15 is 0 Å². The van der Waals surface area contributed by atoms with Crippen LogP contribution in [0.15, 0.2) is 59.4 Å². The molecule has 2 aliphatic heterocycles. The Morgan fingerprint density at radius 2 is 1.72 bits per heavy atom. The van der Waals surface area contributed by atoms with Gasteiger partial charge in [0.15, 0.2) is 5.82 Å². The fourth-order valence-corrected chi connectivity index (χ4v) is 5.38. The number of piperazine rings is 1. The van der Waals surface area contributed by atoms with Crippen LogP contribution in [0.5, 0.6) is 0 Å². The van der Waals surface area contributed by atoms with E-state index in [1.165, 1.54) is 5.69 Å². The maximum atomic E-state index is 13.0. The average molecular weight is 489 g/mol. The standard InChI is InChI=1S/C28H36N6O2/c1-31-25-13-6-5-12-24(25)30-26(28(31)36)34-16-7-9-22(21-34)27(35)29-14-8-15-32-17-19-33(20-18-32)23-10-3-2-4-11-23/h2-6,10-13,22H,7-9,14-21H2,1H3,(H,29,35). The molecule has 1 amide bonds. The van der Waals surface area contributed by atoms with Crippen molar-refractivity contribution < 1.29 is 4.79 Å². The highest BCUT2D eigenvalue weighted by molar-refractivity contribution is 5.80. The largest absolute Gasteiger partial charge is 0.369 e. The Labute approximate surface area is 212 Å². The average Bonchev–Trinajstić information content (AvgIpc) is 2.94. The maximum absolute atomic E-state index is 13.0. The van der Waals surface area contributed by atoms with Gasteiger partial charge in [0.25, 0.3) is 5.56 Å². The normalized spacial score (nSPS) is 19.0. The predicted molar refractivity (Wildman–Crippen MR) is 145 cm³/mol. The lowest BCUT2D eigenvalue weighted by atomic mass is 9.97. The summed E-state index contributed by atoms with van der Waals surface area (Å²) < 4.78 is 1.65. The zero-order valence-corrected chi connectivity index (χ0v) is 21.1. The minimum absolute atomic E-state index is 0.0891. The summed E-state index contributed by atoms with van der Waals surface area (Å²) in [5, 5.41) is 3.15. The molecule has 3 heterocycles. The number of rotatable bonds is 7. The van der Waals surface area contributed by atoms with Gasteiger partial charge in [-0.25, -0.2) is 4.98 Å². The summed E-state index contributed by atoms with van der Waals surface area (Å²) >= 11 is 0. The summed E-state index contributed by atoms with van der Waals surface area (Å²) in [4.78, 5) is 37.5. The molecular formula is C28H36N6O2. The van der Waals surface area contributed by atoms with Crippen molar-refractivity contribution in [1.82, 2.24) is 19.8 Å². The highest BCUT2D eigenvalue weighted by atomic mass is 16.2. The van der Waals surface area contributed by atoms with E-state index < -0.39 is 0 Å². The van der Waals surface area contributed by atoms with Gasteiger partial charge in [-0.05, 0) is 50.1 Å². The molecule has 2 aliphatic rings. The highest BCUT2D eigenvalue weighted by Gasteiger charge is 2.28. The molecule has 2 fully saturated rings. The van der Waals surface area contributed by atoms with Gasteiger partial charge < -0.3 is 19.7 Å². The number of benzene rings is 2. The SMILES string of the molecule is Cn1c(=O)c(N2CCCC(C(=O)NCCCN3CCN(c4ccccc4)CC3)C2)nc2ccccc21. The van der Waals surface area contributed by atoms with Crippen molar-refractivity contribution in [2.75, 3.05) is 62.2 Å². The van der Waals surface area contributed by atoms with Gasteiger partial charge >= 0.3 is 0 Å².